The van der Waals surface area contributed by atoms with Gasteiger partial charge >= 0.3 is 23.9 Å². The molecule has 1 rings (SSSR count). The number of carboxylic acids is 1. The Morgan fingerprint density at radius 3 is 1.19 bits per heavy atom. The molecule has 0 radical (unpaired) electrons. The lowest BCUT2D eigenvalue weighted by atomic mass is 9.98. The lowest BCUT2D eigenvalue weighted by Gasteiger charge is -2.40. The maximum Gasteiger partial charge on any atom is 0.335 e. The Kier molecular flexibility index (Phi) is 46.8. The molecule has 1 fully saturated rings. The molecule has 1 aliphatic heterocycles. The van der Waals surface area contributed by atoms with Gasteiger partial charge in [-0.1, -0.05) is 187 Å². The summed E-state index contributed by atoms with van der Waals surface area (Å²) in [4.78, 5) is 51.1. The molecule has 6 unspecified atom stereocenters. The number of esters is 3. The molecule has 0 aromatic heterocycles. The van der Waals surface area contributed by atoms with Crippen molar-refractivity contribution in [2.45, 2.75) is 237 Å². The van der Waals surface area contributed by atoms with Gasteiger partial charge in [0.15, 0.2) is 24.6 Å². The van der Waals surface area contributed by atoms with Crippen LogP contribution in [0, 0.1) is 0 Å². The number of carbonyl (C=O) groups is 4. The van der Waals surface area contributed by atoms with Crippen molar-refractivity contribution in [2.75, 3.05) is 13.2 Å². The Balaban J connectivity index is 2.74. The Labute approximate surface area is 464 Å². The molecule has 3 N–H and O–H groups in total. The van der Waals surface area contributed by atoms with Crippen molar-refractivity contribution < 1.29 is 58.2 Å². The number of carbonyl (C=O) groups excluding carboxylic acids is 3. The quantitative estimate of drug-likeness (QED) is 0.0228. The SMILES string of the molecule is CC/C=C\C/C=C\C/C=C\C/C=C\C/C=C\CCCCCC(=O)OC1C(OCC(COC(=O)CCCCCCC/C=C\C/C=C\C/C=C\CC)OC(=O)CCCCC/C=C\C/C=C\C/C=C\CC)OC(C(=O)O)C(O)C1O. The summed E-state index contributed by atoms with van der Waals surface area (Å²) in [6.07, 6.45) is 59.9. The number of aliphatic hydroxyl groups excluding tert-OH is 2. The van der Waals surface area contributed by atoms with Crippen LogP contribution in [0.5, 0.6) is 0 Å². The van der Waals surface area contributed by atoms with Crippen molar-refractivity contribution in [1.29, 1.82) is 0 Å². The smallest absolute Gasteiger partial charge is 0.335 e. The minimum absolute atomic E-state index is 0.00817. The number of aliphatic hydroxyl groups is 2. The zero-order chi connectivity index (χ0) is 56.1. The summed E-state index contributed by atoms with van der Waals surface area (Å²) >= 11 is 0. The maximum atomic E-state index is 13.1. The molecule has 12 heteroatoms. The molecule has 0 amide bonds. The van der Waals surface area contributed by atoms with E-state index in [1.165, 1.54) is 0 Å². The van der Waals surface area contributed by atoms with Gasteiger partial charge in [-0.3, -0.25) is 14.4 Å². The van der Waals surface area contributed by atoms with Gasteiger partial charge in [0, 0.05) is 19.3 Å². The summed E-state index contributed by atoms with van der Waals surface area (Å²) < 4.78 is 28.3. The average Bonchev–Trinajstić information content (AvgIpc) is 3.42. The normalized spacial score (nSPS) is 19.0. The van der Waals surface area contributed by atoms with Crippen LogP contribution in [-0.4, -0.2) is 89.2 Å². The number of ether oxygens (including phenoxy) is 5. The molecule has 77 heavy (non-hydrogen) atoms. The van der Waals surface area contributed by atoms with E-state index >= 15 is 0 Å². The van der Waals surface area contributed by atoms with Crippen molar-refractivity contribution >= 4 is 23.9 Å². The maximum absolute atomic E-state index is 13.1. The highest BCUT2D eigenvalue weighted by molar-refractivity contribution is 5.74. The van der Waals surface area contributed by atoms with Gasteiger partial charge in [0.2, 0.25) is 0 Å². The highest BCUT2D eigenvalue weighted by Gasteiger charge is 2.50. The third-order valence-corrected chi connectivity index (χ3v) is 12.2. The van der Waals surface area contributed by atoms with Crippen molar-refractivity contribution in [2.24, 2.45) is 0 Å². The summed E-state index contributed by atoms with van der Waals surface area (Å²) in [6.45, 7) is 5.58. The van der Waals surface area contributed by atoms with Crippen LogP contribution < -0.4 is 0 Å². The highest BCUT2D eigenvalue weighted by atomic mass is 16.7. The van der Waals surface area contributed by atoms with Crippen molar-refractivity contribution in [3.63, 3.8) is 0 Å². The minimum Gasteiger partial charge on any atom is -0.479 e. The summed E-state index contributed by atoms with van der Waals surface area (Å²) in [5.41, 5.74) is 0. The van der Waals surface area contributed by atoms with Gasteiger partial charge in [-0.15, -0.1) is 0 Å². The Morgan fingerprint density at radius 2 is 0.779 bits per heavy atom. The molecular formula is C65H100O12. The van der Waals surface area contributed by atoms with E-state index in [1.54, 1.807) is 0 Å². The zero-order valence-corrected chi connectivity index (χ0v) is 47.4. The molecule has 0 aromatic rings. The van der Waals surface area contributed by atoms with E-state index in [0.29, 0.717) is 19.3 Å². The Bertz CT molecular complexity index is 1850. The molecule has 12 nitrogen and oxygen atoms in total. The van der Waals surface area contributed by atoms with E-state index < -0.39 is 67.3 Å². The summed E-state index contributed by atoms with van der Waals surface area (Å²) in [5.74, 6) is -3.25. The molecule has 0 bridgehead atoms. The van der Waals surface area contributed by atoms with Crippen LogP contribution in [0.25, 0.3) is 0 Å². The predicted octanol–water partition coefficient (Wildman–Crippen LogP) is 15.0. The van der Waals surface area contributed by atoms with Crippen molar-refractivity contribution in [3.05, 3.63) is 134 Å². The fourth-order valence-electron chi connectivity index (χ4n) is 7.83. The van der Waals surface area contributed by atoms with E-state index in [1.807, 2.05) is 0 Å². The predicted molar refractivity (Wildman–Crippen MR) is 312 cm³/mol. The van der Waals surface area contributed by atoms with Gasteiger partial charge in [0.05, 0.1) is 6.61 Å². The molecule has 0 aromatic carbocycles. The third-order valence-electron chi connectivity index (χ3n) is 12.2. The summed E-state index contributed by atoms with van der Waals surface area (Å²) in [5, 5.41) is 31.5. The molecule has 6 atom stereocenters. The third kappa shape index (κ3) is 41.6. The van der Waals surface area contributed by atoms with Crippen LogP contribution in [0.1, 0.15) is 201 Å². The van der Waals surface area contributed by atoms with Gasteiger partial charge in [-0.2, -0.15) is 0 Å². The standard InChI is InChI=1S/C65H100O12/c1-4-7-10-13-16-19-22-25-27-28-29-30-32-35-38-41-44-47-50-53-59(68)76-63-61(70)60(69)62(64(71)72)77-65(63)74-55-56(75-58(67)52-49-46-43-40-37-33-24-21-18-15-12-9-6-3)54-73-57(66)51-48-45-42-39-36-34-31-26-23-20-17-14-11-8-5-2/h7-12,16-21,25-27,29-31,33,35,37-38,56,60-63,65,69-70H,4-6,13-15,22-24,28,32,34,36,39-55H2,1-3H3,(H,71,72)/b10-7-,11-8-,12-9-,19-16-,20-17-,21-18-,27-25-,30-29-,31-26-,37-33-,38-35-. The van der Waals surface area contributed by atoms with E-state index in [-0.39, 0.29) is 25.9 Å². The molecule has 1 heterocycles. The van der Waals surface area contributed by atoms with Gasteiger partial charge in [-0.25, -0.2) is 4.79 Å². The number of unbranched alkanes of at least 4 members (excludes halogenated alkanes) is 11. The summed E-state index contributed by atoms with van der Waals surface area (Å²) in [6, 6.07) is 0. The second kappa shape index (κ2) is 51.6. The first-order valence-corrected chi connectivity index (χ1v) is 29.2. The highest BCUT2D eigenvalue weighted by Crippen LogP contribution is 2.26. The second-order valence-corrected chi connectivity index (χ2v) is 19.1. The number of hydrogen-bond acceptors (Lipinski definition) is 11. The fourth-order valence-corrected chi connectivity index (χ4v) is 7.83. The van der Waals surface area contributed by atoms with E-state index in [2.05, 4.69) is 154 Å². The fraction of sp³-hybridized carbons (Fsp3) is 0.600. The number of aliphatic carboxylic acids is 1. The van der Waals surface area contributed by atoms with Gasteiger partial charge in [-0.05, 0) is 128 Å². The topological polar surface area (TPSA) is 175 Å². The number of hydrogen-bond donors (Lipinski definition) is 3. The largest absolute Gasteiger partial charge is 0.479 e. The first-order chi connectivity index (χ1) is 37.6. The van der Waals surface area contributed by atoms with E-state index in [9.17, 15) is 34.5 Å². The van der Waals surface area contributed by atoms with Gasteiger partial charge in [0.1, 0.15) is 18.8 Å². The van der Waals surface area contributed by atoms with Crippen LogP contribution in [0.2, 0.25) is 0 Å². The van der Waals surface area contributed by atoms with E-state index in [4.69, 9.17) is 23.7 Å². The Hall–Kier alpha value is -5.14. The molecule has 0 spiro atoms. The number of rotatable bonds is 47. The zero-order valence-electron chi connectivity index (χ0n) is 47.4. The van der Waals surface area contributed by atoms with Gasteiger partial charge in [0.25, 0.3) is 0 Å². The molecule has 0 aliphatic carbocycles. The average molecular weight is 1070 g/mol. The van der Waals surface area contributed by atoms with Crippen molar-refractivity contribution in [3.8, 4) is 0 Å². The first kappa shape index (κ1) is 69.9. The molecule has 432 valence electrons. The Morgan fingerprint density at radius 1 is 0.429 bits per heavy atom. The van der Waals surface area contributed by atoms with Crippen LogP contribution >= 0.6 is 0 Å². The minimum atomic E-state index is -1.93. The van der Waals surface area contributed by atoms with Crippen LogP contribution in [-0.2, 0) is 42.9 Å². The summed E-state index contributed by atoms with van der Waals surface area (Å²) in [7, 11) is 0. The van der Waals surface area contributed by atoms with Crippen LogP contribution in [0.4, 0.5) is 0 Å². The molecule has 1 saturated heterocycles. The molecule has 1 aliphatic rings. The molecule has 0 saturated carbocycles. The first-order valence-electron chi connectivity index (χ1n) is 29.2. The van der Waals surface area contributed by atoms with Crippen LogP contribution in [0.3, 0.4) is 0 Å². The lowest BCUT2D eigenvalue weighted by Crippen LogP contribution is -2.61. The van der Waals surface area contributed by atoms with Crippen molar-refractivity contribution in [1.82, 2.24) is 0 Å². The molecular weight excluding hydrogens is 973 g/mol. The van der Waals surface area contributed by atoms with E-state index in [0.717, 1.165) is 141 Å². The number of carboxylic acid groups (broad SMARTS) is 1. The second-order valence-electron chi connectivity index (χ2n) is 19.1. The monoisotopic (exact) mass is 1070 g/mol. The van der Waals surface area contributed by atoms with Crippen LogP contribution in [0.15, 0.2) is 134 Å². The number of allylic oxidation sites excluding steroid dienone is 22. The van der Waals surface area contributed by atoms with Gasteiger partial charge < -0.3 is 39.0 Å². The lowest BCUT2D eigenvalue weighted by molar-refractivity contribution is -0.301.